The van der Waals surface area contributed by atoms with Gasteiger partial charge >= 0.3 is 0 Å². The molecule has 0 N–H and O–H groups in total. The van der Waals surface area contributed by atoms with Crippen LogP contribution in [0.5, 0.6) is 0 Å². The number of hydrogen-bond donors (Lipinski definition) is 0. The van der Waals surface area contributed by atoms with Crippen LogP contribution < -0.4 is 9.80 Å². The quantitative estimate of drug-likeness (QED) is 0.738. The summed E-state index contributed by atoms with van der Waals surface area (Å²) in [7, 11) is 0. The zero-order valence-corrected chi connectivity index (χ0v) is 15.4. The highest BCUT2D eigenvalue weighted by Crippen LogP contribution is 2.28. The van der Waals surface area contributed by atoms with Gasteiger partial charge in [0.2, 0.25) is 5.91 Å². The second-order valence-corrected chi connectivity index (χ2v) is 6.89. The van der Waals surface area contributed by atoms with E-state index in [1.165, 1.54) is 6.07 Å². The highest BCUT2D eigenvalue weighted by molar-refractivity contribution is 5.95. The average molecular weight is 354 g/mol. The molecule has 0 aliphatic carbocycles. The first-order chi connectivity index (χ1) is 12.7. The molecule has 1 fully saturated rings. The van der Waals surface area contributed by atoms with Gasteiger partial charge in [-0.15, -0.1) is 0 Å². The molecule has 2 aromatic carbocycles. The Morgan fingerprint density at radius 1 is 1.08 bits per heavy atom. The Kier molecular flexibility index (Phi) is 6.26. The highest BCUT2D eigenvalue weighted by atomic mass is 19.1. The highest BCUT2D eigenvalue weighted by Gasteiger charge is 2.29. The molecule has 0 atom stereocenters. The van der Waals surface area contributed by atoms with Crippen LogP contribution in [0.1, 0.15) is 32.6 Å². The molecule has 26 heavy (non-hydrogen) atoms. The number of halogens is 1. The number of anilines is 2. The molecule has 1 aliphatic rings. The molecule has 0 spiro atoms. The molecule has 3 nitrogen and oxygen atoms in total. The van der Waals surface area contributed by atoms with Crippen molar-refractivity contribution in [2.45, 2.75) is 32.6 Å². The molecular weight excluding hydrogens is 327 g/mol. The lowest BCUT2D eigenvalue weighted by atomic mass is 9.94. The van der Waals surface area contributed by atoms with E-state index in [4.69, 9.17) is 0 Å². The SMILES string of the molecule is CCCCN(C(=O)C1CCN(c2ccccc2F)CC1)c1ccccc1. The molecule has 3 rings (SSSR count). The van der Waals surface area contributed by atoms with E-state index in [0.29, 0.717) is 18.8 Å². The fraction of sp³-hybridized carbons (Fsp3) is 0.409. The van der Waals surface area contributed by atoms with Crippen LogP contribution in [0.4, 0.5) is 15.8 Å². The van der Waals surface area contributed by atoms with E-state index in [1.807, 2.05) is 47.4 Å². The molecule has 0 unspecified atom stereocenters. The summed E-state index contributed by atoms with van der Waals surface area (Å²) in [5, 5.41) is 0. The third-order valence-corrected chi connectivity index (χ3v) is 5.11. The summed E-state index contributed by atoms with van der Waals surface area (Å²) >= 11 is 0. The number of nitrogens with zero attached hydrogens (tertiary/aromatic N) is 2. The summed E-state index contributed by atoms with van der Waals surface area (Å²) in [5.41, 5.74) is 1.62. The number of piperidine rings is 1. The molecule has 4 heteroatoms. The van der Waals surface area contributed by atoms with E-state index < -0.39 is 0 Å². The molecular formula is C22H27FN2O. The number of para-hydroxylation sites is 2. The fourth-order valence-corrected chi connectivity index (χ4v) is 3.59. The minimum absolute atomic E-state index is 0.00934. The number of benzene rings is 2. The standard InChI is InChI=1S/C22H27FN2O/c1-2-3-15-25(19-9-5-4-6-10-19)22(26)18-13-16-24(17-14-18)21-12-8-7-11-20(21)23/h4-12,18H,2-3,13-17H2,1H3. The van der Waals surface area contributed by atoms with Crippen LogP contribution in [0.25, 0.3) is 0 Å². The molecule has 0 aromatic heterocycles. The molecule has 1 amide bonds. The first-order valence-electron chi connectivity index (χ1n) is 9.56. The predicted molar refractivity (Wildman–Crippen MR) is 105 cm³/mol. The van der Waals surface area contributed by atoms with Gasteiger partial charge in [0.15, 0.2) is 0 Å². The molecule has 138 valence electrons. The average Bonchev–Trinajstić information content (AvgIpc) is 2.69. The van der Waals surface area contributed by atoms with Gasteiger partial charge in [0.05, 0.1) is 5.69 Å². The fourth-order valence-electron chi connectivity index (χ4n) is 3.59. The molecule has 1 saturated heterocycles. The monoisotopic (exact) mass is 354 g/mol. The van der Waals surface area contributed by atoms with E-state index in [1.54, 1.807) is 6.07 Å². The Labute approximate surface area is 155 Å². The second kappa shape index (κ2) is 8.84. The maximum atomic E-state index is 14.0. The summed E-state index contributed by atoms with van der Waals surface area (Å²) < 4.78 is 14.0. The normalized spacial score (nSPS) is 15.1. The maximum absolute atomic E-state index is 14.0. The Bertz CT molecular complexity index is 711. The van der Waals surface area contributed by atoms with Crippen LogP contribution in [-0.4, -0.2) is 25.5 Å². The smallest absolute Gasteiger partial charge is 0.230 e. The van der Waals surface area contributed by atoms with Gasteiger partial charge < -0.3 is 9.80 Å². The molecule has 1 heterocycles. The van der Waals surface area contributed by atoms with Crippen LogP contribution >= 0.6 is 0 Å². The lowest BCUT2D eigenvalue weighted by Crippen LogP contribution is -2.43. The summed E-state index contributed by atoms with van der Waals surface area (Å²) in [6.07, 6.45) is 3.59. The second-order valence-electron chi connectivity index (χ2n) is 6.89. The Balaban J connectivity index is 1.67. The third-order valence-electron chi connectivity index (χ3n) is 5.11. The van der Waals surface area contributed by atoms with Crippen LogP contribution in [0.2, 0.25) is 0 Å². The van der Waals surface area contributed by atoms with E-state index in [9.17, 15) is 9.18 Å². The van der Waals surface area contributed by atoms with Crippen molar-refractivity contribution in [3.63, 3.8) is 0 Å². The van der Waals surface area contributed by atoms with Gasteiger partial charge in [-0.1, -0.05) is 43.7 Å². The Morgan fingerprint density at radius 3 is 2.38 bits per heavy atom. The maximum Gasteiger partial charge on any atom is 0.230 e. The number of carbonyl (C=O) groups is 1. The Hall–Kier alpha value is -2.36. The van der Waals surface area contributed by atoms with Gasteiger partial charge in [0.25, 0.3) is 0 Å². The largest absolute Gasteiger partial charge is 0.369 e. The van der Waals surface area contributed by atoms with Crippen molar-refractivity contribution in [3.05, 3.63) is 60.4 Å². The summed E-state index contributed by atoms with van der Waals surface area (Å²) in [4.78, 5) is 17.1. The van der Waals surface area contributed by atoms with Crippen molar-refractivity contribution in [2.75, 3.05) is 29.4 Å². The van der Waals surface area contributed by atoms with E-state index in [2.05, 4.69) is 11.8 Å². The lowest BCUT2D eigenvalue weighted by molar-refractivity contribution is -0.123. The summed E-state index contributed by atoms with van der Waals surface area (Å²) in [6, 6.07) is 16.8. The molecule has 0 bridgehead atoms. The predicted octanol–water partition coefficient (Wildman–Crippen LogP) is 4.88. The van der Waals surface area contributed by atoms with Gasteiger partial charge in [0.1, 0.15) is 5.82 Å². The Morgan fingerprint density at radius 2 is 1.73 bits per heavy atom. The number of amides is 1. The molecule has 0 saturated carbocycles. The van der Waals surface area contributed by atoms with Crippen molar-refractivity contribution in [3.8, 4) is 0 Å². The van der Waals surface area contributed by atoms with Gasteiger partial charge in [-0.25, -0.2) is 4.39 Å². The molecule has 2 aromatic rings. The van der Waals surface area contributed by atoms with Crippen molar-refractivity contribution in [2.24, 2.45) is 5.92 Å². The van der Waals surface area contributed by atoms with Gasteiger partial charge in [-0.05, 0) is 43.5 Å². The van der Waals surface area contributed by atoms with E-state index in [-0.39, 0.29) is 17.6 Å². The number of rotatable bonds is 6. The first kappa shape index (κ1) is 18.4. The van der Waals surface area contributed by atoms with Crippen molar-refractivity contribution in [1.29, 1.82) is 0 Å². The minimum atomic E-state index is -0.189. The van der Waals surface area contributed by atoms with Crippen LogP contribution in [-0.2, 0) is 4.79 Å². The van der Waals surface area contributed by atoms with Crippen molar-refractivity contribution < 1.29 is 9.18 Å². The molecule has 1 aliphatic heterocycles. The van der Waals surface area contributed by atoms with Crippen LogP contribution in [0, 0.1) is 11.7 Å². The molecule has 0 radical (unpaired) electrons. The van der Waals surface area contributed by atoms with E-state index in [0.717, 1.165) is 37.9 Å². The first-order valence-corrected chi connectivity index (χ1v) is 9.56. The summed E-state index contributed by atoms with van der Waals surface area (Å²) in [6.45, 7) is 4.33. The number of unbranched alkanes of at least 4 members (excludes halogenated alkanes) is 1. The topological polar surface area (TPSA) is 23.6 Å². The number of carbonyl (C=O) groups excluding carboxylic acids is 1. The van der Waals surface area contributed by atoms with Gasteiger partial charge in [-0.2, -0.15) is 0 Å². The van der Waals surface area contributed by atoms with Crippen molar-refractivity contribution in [1.82, 2.24) is 0 Å². The van der Waals surface area contributed by atoms with Crippen LogP contribution in [0.15, 0.2) is 54.6 Å². The van der Waals surface area contributed by atoms with Crippen molar-refractivity contribution >= 4 is 17.3 Å². The van der Waals surface area contributed by atoms with E-state index >= 15 is 0 Å². The van der Waals surface area contributed by atoms with Gasteiger partial charge in [0, 0.05) is 31.2 Å². The summed E-state index contributed by atoms with van der Waals surface area (Å²) in [5.74, 6) is 0.0269. The zero-order valence-electron chi connectivity index (χ0n) is 15.4. The number of hydrogen-bond acceptors (Lipinski definition) is 2. The zero-order chi connectivity index (χ0) is 18.4. The lowest BCUT2D eigenvalue weighted by Gasteiger charge is -2.35. The third kappa shape index (κ3) is 4.24. The van der Waals surface area contributed by atoms with Gasteiger partial charge in [-0.3, -0.25) is 4.79 Å². The minimum Gasteiger partial charge on any atom is -0.369 e. The van der Waals surface area contributed by atoms with Crippen LogP contribution in [0.3, 0.4) is 0 Å².